The van der Waals surface area contributed by atoms with Crippen molar-refractivity contribution in [2.75, 3.05) is 26.2 Å². The average Bonchev–Trinajstić information content (AvgIpc) is 3.06. The Morgan fingerprint density at radius 2 is 1.29 bits per heavy atom. The zero-order valence-corrected chi connectivity index (χ0v) is 19.2. The summed E-state index contributed by atoms with van der Waals surface area (Å²) in [6, 6.07) is 0. The van der Waals surface area contributed by atoms with Gasteiger partial charge in [-0.1, -0.05) is 97.8 Å². The largest absolute Gasteiger partial charge is 0.302 e. The molecule has 0 aliphatic carbocycles. The van der Waals surface area contributed by atoms with Crippen LogP contribution >= 0.6 is 0 Å². The van der Waals surface area contributed by atoms with E-state index in [0.717, 1.165) is 38.3 Å². The molecule has 1 aliphatic heterocycles. The molecule has 1 aliphatic rings. The van der Waals surface area contributed by atoms with Gasteiger partial charge in [0.15, 0.2) is 0 Å². The molecule has 4 heteroatoms. The Morgan fingerprint density at radius 1 is 0.786 bits per heavy atom. The van der Waals surface area contributed by atoms with Crippen LogP contribution in [0.3, 0.4) is 0 Å². The molecular formula is C24H47N3O. The molecule has 0 N–H and O–H groups in total. The second-order valence-electron chi connectivity index (χ2n) is 8.38. The predicted octanol–water partition coefficient (Wildman–Crippen LogP) is 6.40. The van der Waals surface area contributed by atoms with Crippen molar-refractivity contribution in [3.8, 4) is 0 Å². The number of likely N-dealkylation sites (N-methyl/N-ethyl adjacent to an activating group) is 1. The van der Waals surface area contributed by atoms with Gasteiger partial charge in [-0.2, -0.15) is 5.10 Å². The number of hydrogen-bond acceptors (Lipinski definition) is 3. The van der Waals surface area contributed by atoms with Crippen molar-refractivity contribution in [1.29, 1.82) is 0 Å². The molecule has 1 rings (SSSR count). The number of carbonyl (C=O) groups is 1. The van der Waals surface area contributed by atoms with E-state index in [4.69, 9.17) is 0 Å². The fourth-order valence-corrected chi connectivity index (χ4v) is 3.96. The lowest BCUT2D eigenvalue weighted by atomic mass is 10.0. The third-order valence-electron chi connectivity index (χ3n) is 6.00. The zero-order valence-electron chi connectivity index (χ0n) is 19.2. The molecule has 0 fully saturated rings. The van der Waals surface area contributed by atoms with Crippen molar-refractivity contribution in [3.05, 3.63) is 0 Å². The molecule has 0 bridgehead atoms. The fourth-order valence-electron chi connectivity index (χ4n) is 3.96. The molecule has 0 saturated heterocycles. The highest BCUT2D eigenvalue weighted by molar-refractivity contribution is 6.04. The number of nitrogens with zero attached hydrogens (tertiary/aromatic N) is 3. The molecule has 0 radical (unpaired) electrons. The minimum Gasteiger partial charge on any atom is -0.302 e. The van der Waals surface area contributed by atoms with E-state index >= 15 is 0 Å². The Hall–Kier alpha value is -0.900. The van der Waals surface area contributed by atoms with Crippen LogP contribution in [0.4, 0.5) is 0 Å². The van der Waals surface area contributed by atoms with Gasteiger partial charge < -0.3 is 4.90 Å². The van der Waals surface area contributed by atoms with Crippen molar-refractivity contribution in [1.82, 2.24) is 9.91 Å². The van der Waals surface area contributed by atoms with Gasteiger partial charge in [-0.15, -0.1) is 0 Å². The first-order chi connectivity index (χ1) is 13.7. The van der Waals surface area contributed by atoms with Crippen molar-refractivity contribution < 1.29 is 4.79 Å². The van der Waals surface area contributed by atoms with E-state index in [1.807, 2.05) is 0 Å². The van der Waals surface area contributed by atoms with Crippen LogP contribution in [0.2, 0.25) is 0 Å². The number of rotatable bonds is 19. The van der Waals surface area contributed by atoms with E-state index in [-0.39, 0.29) is 5.91 Å². The lowest BCUT2D eigenvalue weighted by Crippen LogP contribution is -2.33. The highest BCUT2D eigenvalue weighted by Crippen LogP contribution is 2.16. The summed E-state index contributed by atoms with van der Waals surface area (Å²) in [5, 5.41) is 6.28. The first-order valence-electron chi connectivity index (χ1n) is 12.3. The molecule has 164 valence electrons. The van der Waals surface area contributed by atoms with Crippen molar-refractivity contribution >= 4 is 11.6 Å². The Labute approximate surface area is 175 Å². The van der Waals surface area contributed by atoms with Crippen LogP contribution in [-0.2, 0) is 4.79 Å². The zero-order chi connectivity index (χ0) is 20.5. The lowest BCUT2D eigenvalue weighted by Gasteiger charge is -2.20. The van der Waals surface area contributed by atoms with Gasteiger partial charge >= 0.3 is 0 Å². The van der Waals surface area contributed by atoms with E-state index in [9.17, 15) is 4.79 Å². The molecule has 0 unspecified atom stereocenters. The molecule has 0 spiro atoms. The summed E-state index contributed by atoms with van der Waals surface area (Å²) in [5.41, 5.74) is 1.10. The fraction of sp³-hybridized carbons (Fsp3) is 0.917. The lowest BCUT2D eigenvalue weighted by molar-refractivity contribution is -0.128. The Balaban J connectivity index is 1.96. The summed E-state index contributed by atoms with van der Waals surface area (Å²) < 4.78 is 0. The summed E-state index contributed by atoms with van der Waals surface area (Å²) in [4.78, 5) is 14.4. The number of hydrazone groups is 1. The number of carbonyl (C=O) groups excluding carboxylic acids is 1. The number of unbranched alkanes of at least 4 members (excludes halogenated alkanes) is 12. The number of hydrogen-bond donors (Lipinski definition) is 0. The topological polar surface area (TPSA) is 35.9 Å². The van der Waals surface area contributed by atoms with Gasteiger partial charge in [0.25, 0.3) is 0 Å². The van der Waals surface area contributed by atoms with Gasteiger partial charge in [-0.25, -0.2) is 5.01 Å². The molecule has 0 atom stereocenters. The Kier molecular flexibility index (Phi) is 15.3. The van der Waals surface area contributed by atoms with Crippen LogP contribution in [0, 0.1) is 0 Å². The first-order valence-corrected chi connectivity index (χ1v) is 12.3. The molecule has 0 aromatic carbocycles. The minimum absolute atomic E-state index is 0.192. The van der Waals surface area contributed by atoms with E-state index in [2.05, 4.69) is 30.8 Å². The Morgan fingerprint density at radius 3 is 1.79 bits per heavy atom. The van der Waals surface area contributed by atoms with Crippen LogP contribution < -0.4 is 0 Å². The van der Waals surface area contributed by atoms with Gasteiger partial charge in [0.1, 0.15) is 0 Å². The maximum absolute atomic E-state index is 12.1. The standard InChI is InChI=1S/C24H47N3O/c1-4-7-8-9-10-11-12-13-14-15-16-17-18-19-23-22-24(28)27(25-23)21-20-26(5-2)6-3/h4-22H2,1-3H3. The average molecular weight is 394 g/mol. The van der Waals surface area contributed by atoms with Crippen LogP contribution in [0.1, 0.15) is 117 Å². The van der Waals surface area contributed by atoms with E-state index in [0.29, 0.717) is 6.42 Å². The highest BCUT2D eigenvalue weighted by Gasteiger charge is 2.23. The highest BCUT2D eigenvalue weighted by atomic mass is 16.2. The molecule has 0 aromatic heterocycles. The number of amides is 1. The summed E-state index contributed by atoms with van der Waals surface area (Å²) >= 11 is 0. The molecule has 4 nitrogen and oxygen atoms in total. The maximum Gasteiger partial charge on any atom is 0.248 e. The van der Waals surface area contributed by atoms with Crippen molar-refractivity contribution in [2.24, 2.45) is 5.10 Å². The Bertz CT molecular complexity index is 418. The molecular weight excluding hydrogens is 346 g/mol. The van der Waals surface area contributed by atoms with E-state index in [1.54, 1.807) is 5.01 Å². The third kappa shape index (κ3) is 11.8. The van der Waals surface area contributed by atoms with Crippen LogP contribution in [0.25, 0.3) is 0 Å². The second kappa shape index (κ2) is 17.0. The van der Waals surface area contributed by atoms with E-state index in [1.165, 1.54) is 83.5 Å². The van der Waals surface area contributed by atoms with Crippen molar-refractivity contribution in [3.63, 3.8) is 0 Å². The normalized spacial score (nSPS) is 14.4. The molecule has 1 amide bonds. The second-order valence-corrected chi connectivity index (χ2v) is 8.38. The van der Waals surface area contributed by atoms with Gasteiger partial charge in [-0.05, 0) is 25.9 Å². The smallest absolute Gasteiger partial charge is 0.248 e. The van der Waals surface area contributed by atoms with Gasteiger partial charge in [-0.3, -0.25) is 4.79 Å². The summed E-state index contributed by atoms with van der Waals surface area (Å²) in [5.74, 6) is 0.192. The predicted molar refractivity (Wildman–Crippen MR) is 122 cm³/mol. The monoisotopic (exact) mass is 393 g/mol. The van der Waals surface area contributed by atoms with Gasteiger partial charge in [0, 0.05) is 12.3 Å². The van der Waals surface area contributed by atoms with Crippen LogP contribution in [0.5, 0.6) is 0 Å². The van der Waals surface area contributed by atoms with Gasteiger partial charge in [0.2, 0.25) is 5.91 Å². The summed E-state index contributed by atoms with van der Waals surface area (Å²) in [6.07, 6.45) is 19.5. The molecule has 28 heavy (non-hydrogen) atoms. The summed E-state index contributed by atoms with van der Waals surface area (Å²) in [6.45, 7) is 10.3. The summed E-state index contributed by atoms with van der Waals surface area (Å²) in [7, 11) is 0. The third-order valence-corrected chi connectivity index (χ3v) is 6.00. The van der Waals surface area contributed by atoms with Crippen molar-refractivity contribution in [2.45, 2.75) is 117 Å². The molecule has 1 heterocycles. The quantitative estimate of drug-likeness (QED) is 0.238. The molecule has 0 aromatic rings. The molecule has 0 saturated carbocycles. The minimum atomic E-state index is 0.192. The SMILES string of the molecule is CCCCCCCCCCCCCCCC1=NN(CCN(CC)CC)C(=O)C1. The van der Waals surface area contributed by atoms with Crippen LogP contribution in [0.15, 0.2) is 5.10 Å². The van der Waals surface area contributed by atoms with E-state index < -0.39 is 0 Å². The first kappa shape index (κ1) is 25.1. The van der Waals surface area contributed by atoms with Gasteiger partial charge in [0.05, 0.1) is 13.0 Å². The maximum atomic E-state index is 12.1. The van der Waals surface area contributed by atoms with Crippen LogP contribution in [-0.4, -0.2) is 47.7 Å².